The van der Waals surface area contributed by atoms with E-state index in [-0.39, 0.29) is 0 Å². The molecule has 0 spiro atoms. The minimum Gasteiger partial charge on any atom is -0.379 e. The van der Waals surface area contributed by atoms with E-state index in [9.17, 15) is 4.21 Å². The number of morpholine rings is 1. The van der Waals surface area contributed by atoms with Gasteiger partial charge in [-0.1, -0.05) is 30.3 Å². The van der Waals surface area contributed by atoms with Gasteiger partial charge in [-0.25, -0.2) is 0 Å². The van der Waals surface area contributed by atoms with Gasteiger partial charge in [0.25, 0.3) is 0 Å². The fourth-order valence-corrected chi connectivity index (χ4v) is 4.65. The van der Waals surface area contributed by atoms with Gasteiger partial charge in [-0.05, 0) is 12.0 Å². The summed E-state index contributed by atoms with van der Waals surface area (Å²) in [6, 6.07) is 10.6. The van der Waals surface area contributed by atoms with E-state index in [1.54, 1.807) is 0 Å². The number of aliphatic imine (C=N–C) groups is 1. The van der Waals surface area contributed by atoms with Crippen molar-refractivity contribution in [3.8, 4) is 0 Å². The third kappa shape index (κ3) is 5.53. The molecule has 0 amide bonds. The van der Waals surface area contributed by atoms with Crippen molar-refractivity contribution in [2.45, 2.75) is 18.2 Å². The van der Waals surface area contributed by atoms with Crippen LogP contribution in [0.25, 0.3) is 0 Å². The van der Waals surface area contributed by atoms with Gasteiger partial charge in [-0.15, -0.1) is 0 Å². The summed E-state index contributed by atoms with van der Waals surface area (Å²) in [6.45, 7) is 6.46. The maximum atomic E-state index is 12.3. The van der Waals surface area contributed by atoms with E-state index in [1.807, 2.05) is 37.4 Å². The Kier molecular flexibility index (Phi) is 7.46. The number of nitrogens with one attached hydrogen (secondary N) is 1. The van der Waals surface area contributed by atoms with Gasteiger partial charge in [0.1, 0.15) is 0 Å². The minimum absolute atomic E-state index is 0.588. The Labute approximate surface area is 159 Å². The summed E-state index contributed by atoms with van der Waals surface area (Å²) in [7, 11) is 0.965. The number of hydrogen-bond acceptors (Lipinski definition) is 4. The van der Waals surface area contributed by atoms with E-state index in [4.69, 9.17) is 4.74 Å². The highest BCUT2D eigenvalue weighted by atomic mass is 32.2. The standard InChI is InChI=1S/C19H30N4O2S/c1-20-19(21-8-14-26(24)16-17-5-3-2-4-6-17)23-9-7-18(15-23)22-10-12-25-13-11-22/h2-6,18H,7-16H2,1H3,(H,20,21). The predicted molar refractivity (Wildman–Crippen MR) is 107 cm³/mol. The second-order valence-corrected chi connectivity index (χ2v) is 8.36. The molecule has 1 aromatic carbocycles. The SMILES string of the molecule is CN=C(NCCS(=O)Cc1ccccc1)N1CCC(N2CCOCC2)C1. The largest absolute Gasteiger partial charge is 0.379 e. The van der Waals surface area contributed by atoms with Crippen LogP contribution < -0.4 is 5.32 Å². The summed E-state index contributed by atoms with van der Waals surface area (Å²) >= 11 is 0. The lowest BCUT2D eigenvalue weighted by Crippen LogP contribution is -2.47. The predicted octanol–water partition coefficient (Wildman–Crippen LogP) is 0.917. The minimum atomic E-state index is -0.860. The molecule has 0 aromatic heterocycles. The van der Waals surface area contributed by atoms with E-state index >= 15 is 0 Å². The molecule has 2 saturated heterocycles. The number of nitrogens with zero attached hydrogens (tertiary/aromatic N) is 3. The lowest BCUT2D eigenvalue weighted by atomic mass is 10.2. The average molecular weight is 379 g/mol. The van der Waals surface area contributed by atoms with Crippen molar-refractivity contribution in [2.24, 2.45) is 4.99 Å². The number of ether oxygens (including phenoxy) is 1. The first-order chi connectivity index (χ1) is 12.8. The zero-order valence-electron chi connectivity index (χ0n) is 15.6. The Bertz CT molecular complexity index is 605. The maximum absolute atomic E-state index is 12.3. The monoisotopic (exact) mass is 378 g/mol. The molecule has 7 heteroatoms. The highest BCUT2D eigenvalue weighted by molar-refractivity contribution is 7.84. The maximum Gasteiger partial charge on any atom is 0.193 e. The van der Waals surface area contributed by atoms with Crippen LogP contribution in [0.5, 0.6) is 0 Å². The third-order valence-corrected chi connectivity index (χ3v) is 6.33. The van der Waals surface area contributed by atoms with Crippen molar-refractivity contribution in [3.63, 3.8) is 0 Å². The first kappa shape index (κ1) is 19.3. The van der Waals surface area contributed by atoms with E-state index in [0.717, 1.165) is 50.9 Å². The van der Waals surface area contributed by atoms with Crippen molar-refractivity contribution in [1.82, 2.24) is 15.1 Å². The second kappa shape index (κ2) is 10.0. The van der Waals surface area contributed by atoms with Crippen LogP contribution in [-0.4, -0.2) is 84.7 Å². The molecule has 2 atom stereocenters. The molecule has 1 N–H and O–H groups in total. The Morgan fingerprint density at radius 1 is 1.27 bits per heavy atom. The average Bonchev–Trinajstić information content (AvgIpc) is 3.17. The zero-order valence-corrected chi connectivity index (χ0v) is 16.4. The Morgan fingerprint density at radius 2 is 2.04 bits per heavy atom. The number of rotatable bonds is 6. The molecule has 2 aliphatic heterocycles. The van der Waals surface area contributed by atoms with Crippen LogP contribution in [0.4, 0.5) is 0 Å². The molecule has 2 fully saturated rings. The summed E-state index contributed by atoms with van der Waals surface area (Å²) < 4.78 is 17.7. The first-order valence-electron chi connectivity index (χ1n) is 9.42. The topological polar surface area (TPSA) is 57.2 Å². The molecule has 6 nitrogen and oxygen atoms in total. The van der Waals surface area contributed by atoms with Gasteiger partial charge in [-0.2, -0.15) is 0 Å². The molecule has 0 saturated carbocycles. The molecule has 0 aliphatic carbocycles. The summed E-state index contributed by atoms with van der Waals surface area (Å²) in [4.78, 5) is 9.27. The zero-order chi connectivity index (χ0) is 18.2. The smallest absolute Gasteiger partial charge is 0.193 e. The first-order valence-corrected chi connectivity index (χ1v) is 10.9. The van der Waals surface area contributed by atoms with Crippen molar-refractivity contribution in [1.29, 1.82) is 0 Å². The van der Waals surface area contributed by atoms with Gasteiger partial charge >= 0.3 is 0 Å². The molecule has 2 heterocycles. The number of likely N-dealkylation sites (tertiary alicyclic amines) is 1. The molecule has 144 valence electrons. The Hall–Kier alpha value is -1.44. The summed E-state index contributed by atoms with van der Waals surface area (Å²) in [6.07, 6.45) is 1.17. The summed E-state index contributed by atoms with van der Waals surface area (Å²) in [5.41, 5.74) is 1.13. The fourth-order valence-electron chi connectivity index (χ4n) is 3.62. The quantitative estimate of drug-likeness (QED) is 0.589. The van der Waals surface area contributed by atoms with Crippen molar-refractivity contribution in [3.05, 3.63) is 35.9 Å². The molecule has 2 unspecified atom stereocenters. The van der Waals surface area contributed by atoms with Crippen LogP contribution in [-0.2, 0) is 21.3 Å². The van der Waals surface area contributed by atoms with Crippen LogP contribution in [0, 0.1) is 0 Å². The molecule has 0 radical (unpaired) electrons. The van der Waals surface area contributed by atoms with E-state index in [0.29, 0.717) is 24.1 Å². The van der Waals surface area contributed by atoms with E-state index in [1.165, 1.54) is 6.42 Å². The van der Waals surface area contributed by atoms with E-state index in [2.05, 4.69) is 20.1 Å². The fraction of sp³-hybridized carbons (Fsp3) is 0.632. The molecule has 26 heavy (non-hydrogen) atoms. The van der Waals surface area contributed by atoms with E-state index < -0.39 is 10.8 Å². The van der Waals surface area contributed by atoms with Crippen LogP contribution in [0.1, 0.15) is 12.0 Å². The van der Waals surface area contributed by atoms with Gasteiger partial charge < -0.3 is 15.0 Å². The van der Waals surface area contributed by atoms with Crippen molar-refractivity contribution < 1.29 is 8.95 Å². The number of guanidine groups is 1. The molecular weight excluding hydrogens is 348 g/mol. The van der Waals surface area contributed by atoms with Crippen LogP contribution in [0.3, 0.4) is 0 Å². The van der Waals surface area contributed by atoms with Crippen molar-refractivity contribution in [2.75, 3.05) is 58.7 Å². The van der Waals surface area contributed by atoms with Gasteiger partial charge in [0.2, 0.25) is 0 Å². The summed E-state index contributed by atoms with van der Waals surface area (Å²) in [5, 5.41) is 3.39. The Morgan fingerprint density at radius 3 is 2.77 bits per heavy atom. The lowest BCUT2D eigenvalue weighted by molar-refractivity contribution is 0.0195. The number of benzene rings is 1. The van der Waals surface area contributed by atoms with Crippen LogP contribution in [0.15, 0.2) is 35.3 Å². The van der Waals surface area contributed by atoms with Gasteiger partial charge in [-0.3, -0.25) is 14.1 Å². The molecule has 3 rings (SSSR count). The third-order valence-electron chi connectivity index (χ3n) is 5.02. The van der Waals surface area contributed by atoms with Gasteiger partial charge in [0.15, 0.2) is 5.96 Å². The number of hydrogen-bond donors (Lipinski definition) is 1. The normalized spacial score (nSPS) is 23.2. The second-order valence-electron chi connectivity index (χ2n) is 6.78. The molecule has 1 aromatic rings. The molecule has 0 bridgehead atoms. The molecule has 2 aliphatic rings. The lowest BCUT2D eigenvalue weighted by Gasteiger charge is -2.32. The Balaban J connectivity index is 1.40. The summed E-state index contributed by atoms with van der Waals surface area (Å²) in [5.74, 6) is 2.18. The molecular formula is C19H30N4O2S. The van der Waals surface area contributed by atoms with Crippen molar-refractivity contribution >= 4 is 16.8 Å². The van der Waals surface area contributed by atoms with Gasteiger partial charge in [0.05, 0.1) is 13.2 Å². The van der Waals surface area contributed by atoms with Crippen LogP contribution in [0.2, 0.25) is 0 Å². The van der Waals surface area contributed by atoms with Crippen LogP contribution >= 0.6 is 0 Å². The highest BCUT2D eigenvalue weighted by Crippen LogP contribution is 2.17. The van der Waals surface area contributed by atoms with Gasteiger partial charge in [0, 0.05) is 68.1 Å². The highest BCUT2D eigenvalue weighted by Gasteiger charge is 2.30.